The van der Waals surface area contributed by atoms with Gasteiger partial charge in [-0.15, -0.1) is 4.83 Å². The molecule has 1 aromatic carbocycles. The molecule has 0 aliphatic heterocycles. The van der Waals surface area contributed by atoms with Gasteiger partial charge in [0.2, 0.25) is 0 Å². The molecule has 0 heterocycles. The van der Waals surface area contributed by atoms with Gasteiger partial charge in [-0.2, -0.15) is 0 Å². The fourth-order valence-electron chi connectivity index (χ4n) is 0.915. The second-order valence-corrected chi connectivity index (χ2v) is 4.25. The Morgan fingerprint density at radius 1 is 1.47 bits per heavy atom. The summed E-state index contributed by atoms with van der Waals surface area (Å²) in [6.45, 7) is 0. The molecule has 0 unspecified atom stereocenters. The van der Waals surface area contributed by atoms with Gasteiger partial charge in [0.05, 0.1) is 5.56 Å². The molecule has 0 saturated carbocycles. The Labute approximate surface area is 84.5 Å². The lowest BCUT2D eigenvalue weighted by Crippen LogP contribution is -2.30. The maximum absolute atomic E-state index is 13.2. The van der Waals surface area contributed by atoms with Crippen molar-refractivity contribution >= 4 is 16.0 Å². The van der Waals surface area contributed by atoms with Gasteiger partial charge in [-0.1, -0.05) is 0 Å². The van der Waals surface area contributed by atoms with Gasteiger partial charge in [0, 0.05) is 0 Å². The van der Waals surface area contributed by atoms with Crippen molar-refractivity contribution in [1.82, 2.24) is 4.83 Å². The van der Waals surface area contributed by atoms with Gasteiger partial charge in [0.1, 0.15) is 10.7 Å². The van der Waals surface area contributed by atoms with Crippen LogP contribution < -0.4 is 10.7 Å². The van der Waals surface area contributed by atoms with E-state index in [1.54, 1.807) is 0 Å². The smallest absolute Gasteiger partial charge is 0.335 e. The molecule has 4 N–H and O–H groups in total. The van der Waals surface area contributed by atoms with Crippen LogP contribution in [-0.4, -0.2) is 19.5 Å². The van der Waals surface area contributed by atoms with Crippen LogP contribution in [-0.2, 0) is 10.0 Å². The van der Waals surface area contributed by atoms with Crippen molar-refractivity contribution in [1.29, 1.82) is 0 Å². The maximum Gasteiger partial charge on any atom is 0.335 e. The van der Waals surface area contributed by atoms with Crippen molar-refractivity contribution < 1.29 is 22.7 Å². The number of hydrazine groups is 1. The Hall–Kier alpha value is -1.51. The zero-order chi connectivity index (χ0) is 11.6. The average Bonchev–Trinajstić information content (AvgIpc) is 2.17. The highest BCUT2D eigenvalue weighted by molar-refractivity contribution is 7.89. The summed E-state index contributed by atoms with van der Waals surface area (Å²) in [5.41, 5.74) is -0.344. The van der Waals surface area contributed by atoms with Crippen LogP contribution in [0.5, 0.6) is 0 Å². The SMILES string of the molecule is NNS(=O)(=O)c1ccc(C(=O)O)cc1F. The zero-order valence-corrected chi connectivity index (χ0v) is 8.08. The molecular formula is C7H7FN2O4S. The third-order valence-corrected chi connectivity index (χ3v) is 2.84. The average molecular weight is 234 g/mol. The Bertz CT molecular complexity index is 500. The largest absolute Gasteiger partial charge is 0.478 e. The molecule has 82 valence electrons. The van der Waals surface area contributed by atoms with E-state index < -0.39 is 26.7 Å². The van der Waals surface area contributed by atoms with Crippen molar-refractivity contribution in [3.05, 3.63) is 29.6 Å². The number of rotatable bonds is 3. The number of carboxylic acid groups (broad SMARTS) is 1. The zero-order valence-electron chi connectivity index (χ0n) is 7.27. The number of aromatic carboxylic acids is 1. The summed E-state index contributed by atoms with van der Waals surface area (Å²) in [6.07, 6.45) is 0. The van der Waals surface area contributed by atoms with Gasteiger partial charge in [-0.25, -0.2) is 17.6 Å². The lowest BCUT2D eigenvalue weighted by molar-refractivity contribution is 0.0696. The van der Waals surface area contributed by atoms with Gasteiger partial charge in [0.15, 0.2) is 0 Å². The maximum atomic E-state index is 13.2. The molecule has 0 spiro atoms. The minimum absolute atomic E-state index is 0.344. The van der Waals surface area contributed by atoms with E-state index in [2.05, 4.69) is 5.84 Å². The summed E-state index contributed by atoms with van der Waals surface area (Å²) in [5.74, 6) is 2.16. The quantitative estimate of drug-likeness (QED) is 0.490. The summed E-state index contributed by atoms with van der Waals surface area (Å²) >= 11 is 0. The van der Waals surface area contributed by atoms with Crippen molar-refractivity contribution in [3.63, 3.8) is 0 Å². The van der Waals surface area contributed by atoms with Crippen molar-refractivity contribution in [2.45, 2.75) is 4.90 Å². The third-order valence-electron chi connectivity index (χ3n) is 1.62. The molecule has 0 aromatic heterocycles. The third kappa shape index (κ3) is 2.29. The van der Waals surface area contributed by atoms with E-state index in [4.69, 9.17) is 5.11 Å². The van der Waals surface area contributed by atoms with Crippen LogP contribution in [0.3, 0.4) is 0 Å². The highest BCUT2D eigenvalue weighted by atomic mass is 32.2. The molecule has 1 rings (SSSR count). The summed E-state index contributed by atoms with van der Waals surface area (Å²) in [4.78, 5) is 11.2. The first-order chi connectivity index (χ1) is 6.88. The Morgan fingerprint density at radius 3 is 2.47 bits per heavy atom. The number of halogens is 1. The number of benzene rings is 1. The Morgan fingerprint density at radius 2 is 2.07 bits per heavy atom. The highest BCUT2D eigenvalue weighted by Gasteiger charge is 2.18. The molecule has 1 aromatic rings. The molecule has 15 heavy (non-hydrogen) atoms. The minimum Gasteiger partial charge on any atom is -0.478 e. The predicted octanol–water partition coefficient (Wildman–Crippen LogP) is -0.324. The highest BCUT2D eigenvalue weighted by Crippen LogP contribution is 2.15. The number of hydrogen-bond acceptors (Lipinski definition) is 4. The lowest BCUT2D eigenvalue weighted by atomic mass is 10.2. The number of sulfonamides is 1. The topological polar surface area (TPSA) is 109 Å². The number of carboxylic acids is 1. The molecule has 0 aliphatic rings. The van der Waals surface area contributed by atoms with Crippen LogP contribution >= 0.6 is 0 Å². The van der Waals surface area contributed by atoms with Crippen molar-refractivity contribution in [2.24, 2.45) is 5.84 Å². The van der Waals surface area contributed by atoms with Crippen molar-refractivity contribution in [2.75, 3.05) is 0 Å². The molecular weight excluding hydrogens is 227 g/mol. The number of carbonyl (C=O) groups is 1. The number of nitrogens with two attached hydrogens (primary N) is 1. The van der Waals surface area contributed by atoms with Crippen LogP contribution in [0.15, 0.2) is 23.1 Å². The summed E-state index contributed by atoms with van der Waals surface area (Å²) < 4.78 is 35.3. The van der Waals surface area contributed by atoms with Gasteiger partial charge in [0.25, 0.3) is 10.0 Å². The van der Waals surface area contributed by atoms with Crippen LogP contribution in [0, 0.1) is 5.82 Å². The summed E-state index contributed by atoms with van der Waals surface area (Å²) in [7, 11) is -4.11. The van der Waals surface area contributed by atoms with E-state index in [1.165, 1.54) is 4.83 Å². The van der Waals surface area contributed by atoms with E-state index in [0.717, 1.165) is 12.1 Å². The molecule has 8 heteroatoms. The lowest BCUT2D eigenvalue weighted by Gasteiger charge is -2.03. The standard InChI is InChI=1S/C7H7FN2O4S/c8-5-3-4(7(11)12)1-2-6(5)15(13,14)10-9/h1-3,10H,9H2,(H,11,12). The molecule has 0 amide bonds. The minimum atomic E-state index is -4.11. The molecule has 0 aliphatic carbocycles. The monoisotopic (exact) mass is 234 g/mol. The van der Waals surface area contributed by atoms with Crippen LogP contribution in [0.25, 0.3) is 0 Å². The van der Waals surface area contributed by atoms with E-state index in [-0.39, 0.29) is 5.56 Å². The molecule has 0 radical (unpaired) electrons. The Balaban J connectivity index is 3.32. The fourth-order valence-corrected chi connectivity index (χ4v) is 1.61. The van der Waals surface area contributed by atoms with Gasteiger partial charge < -0.3 is 5.11 Å². The van der Waals surface area contributed by atoms with Crippen LogP contribution in [0.4, 0.5) is 4.39 Å². The second-order valence-electron chi connectivity index (χ2n) is 2.57. The normalized spacial score (nSPS) is 11.3. The summed E-state index contributed by atoms with van der Waals surface area (Å²) in [5, 5.41) is 8.50. The molecule has 6 nitrogen and oxygen atoms in total. The first kappa shape index (κ1) is 11.6. The predicted molar refractivity (Wildman–Crippen MR) is 47.9 cm³/mol. The first-order valence-corrected chi connectivity index (χ1v) is 5.12. The van der Waals surface area contributed by atoms with Crippen LogP contribution in [0.2, 0.25) is 0 Å². The fraction of sp³-hybridized carbons (Fsp3) is 0. The van der Waals surface area contributed by atoms with Gasteiger partial charge >= 0.3 is 5.97 Å². The van der Waals surface area contributed by atoms with Crippen molar-refractivity contribution in [3.8, 4) is 0 Å². The van der Waals surface area contributed by atoms with E-state index in [9.17, 15) is 17.6 Å². The molecule has 0 saturated heterocycles. The Kier molecular flexibility index (Phi) is 3.03. The van der Waals surface area contributed by atoms with E-state index in [1.807, 2.05) is 0 Å². The number of nitrogens with one attached hydrogen (secondary N) is 1. The molecule has 0 atom stereocenters. The molecule has 0 fully saturated rings. The van der Waals surface area contributed by atoms with E-state index in [0.29, 0.717) is 6.07 Å². The summed E-state index contributed by atoms with van der Waals surface area (Å²) in [6, 6.07) is 2.40. The first-order valence-electron chi connectivity index (χ1n) is 3.64. The molecule has 0 bridgehead atoms. The van der Waals surface area contributed by atoms with Gasteiger partial charge in [-0.3, -0.25) is 5.84 Å². The number of hydrogen-bond donors (Lipinski definition) is 3. The van der Waals surface area contributed by atoms with E-state index >= 15 is 0 Å². The van der Waals surface area contributed by atoms with Crippen LogP contribution in [0.1, 0.15) is 10.4 Å². The second kappa shape index (κ2) is 3.93. The van der Waals surface area contributed by atoms with Gasteiger partial charge in [-0.05, 0) is 18.2 Å².